The number of aromatic nitrogens is 2. The number of likely N-dealkylation sites (N-methyl/N-ethyl adjacent to an activating group) is 1. The molecule has 2 heterocycles. The van der Waals surface area contributed by atoms with E-state index < -0.39 is 0 Å². The fourth-order valence-corrected chi connectivity index (χ4v) is 3.54. The van der Waals surface area contributed by atoms with Gasteiger partial charge in [-0.3, -0.25) is 9.59 Å². The number of hydrogen-bond acceptors (Lipinski definition) is 4. The van der Waals surface area contributed by atoms with Crippen molar-refractivity contribution in [3.05, 3.63) is 48.3 Å². The lowest BCUT2D eigenvalue weighted by Gasteiger charge is -2.34. The normalized spacial score (nSPS) is 17.2. The van der Waals surface area contributed by atoms with E-state index in [4.69, 9.17) is 0 Å². The summed E-state index contributed by atoms with van der Waals surface area (Å²) in [6.07, 6.45) is 4.73. The minimum absolute atomic E-state index is 0.104. The molecule has 0 bridgehead atoms. The smallest absolute Gasteiger partial charge is 0.227 e. The number of amides is 2. The topological polar surface area (TPSA) is 61.7 Å². The minimum Gasteiger partial charge on any atom is -0.341 e. The number of rotatable bonds is 7. The zero-order valence-electron chi connectivity index (χ0n) is 16.9. The van der Waals surface area contributed by atoms with Gasteiger partial charge in [0.25, 0.3) is 0 Å². The summed E-state index contributed by atoms with van der Waals surface area (Å²) in [5.74, 6) is 0.131. The molecule has 1 aromatic heterocycles. The molecule has 2 amide bonds. The molecule has 7 heteroatoms. The average Bonchev–Trinajstić information content (AvgIpc) is 3.22. The Morgan fingerprint density at radius 3 is 2.79 bits per heavy atom. The van der Waals surface area contributed by atoms with Gasteiger partial charge in [0, 0.05) is 52.0 Å². The molecule has 1 fully saturated rings. The van der Waals surface area contributed by atoms with E-state index in [-0.39, 0.29) is 17.7 Å². The molecule has 150 valence electrons. The van der Waals surface area contributed by atoms with Gasteiger partial charge < -0.3 is 14.7 Å². The maximum absolute atomic E-state index is 13.0. The Hall–Kier alpha value is -2.67. The quantitative estimate of drug-likeness (QED) is 0.729. The van der Waals surface area contributed by atoms with Gasteiger partial charge in [-0.2, -0.15) is 5.10 Å². The van der Waals surface area contributed by atoms with Crippen molar-refractivity contribution in [2.24, 2.45) is 5.92 Å². The standard InChI is InChI=1S/C21H29N5O2/c1-23(2)12-13-25-16-18(8-9-20(25)27)21(28)24(3)15-17-6-4-7-19(14-17)26-11-5-10-22-26/h4-7,10-11,14,18H,8-9,12-13,15-16H2,1-3H3/t18-/m0/s1. The highest BCUT2D eigenvalue weighted by Crippen LogP contribution is 2.21. The summed E-state index contributed by atoms with van der Waals surface area (Å²) in [4.78, 5) is 30.8. The molecule has 0 N–H and O–H groups in total. The van der Waals surface area contributed by atoms with E-state index in [2.05, 4.69) is 10.00 Å². The Kier molecular flexibility index (Phi) is 6.46. The van der Waals surface area contributed by atoms with Gasteiger partial charge in [-0.05, 0) is 44.3 Å². The largest absolute Gasteiger partial charge is 0.341 e. The lowest BCUT2D eigenvalue weighted by atomic mass is 9.96. The molecule has 28 heavy (non-hydrogen) atoms. The Labute approximate surface area is 166 Å². The van der Waals surface area contributed by atoms with Crippen molar-refractivity contribution < 1.29 is 9.59 Å². The fourth-order valence-electron chi connectivity index (χ4n) is 3.54. The second-order valence-electron chi connectivity index (χ2n) is 7.69. The van der Waals surface area contributed by atoms with Gasteiger partial charge in [-0.25, -0.2) is 4.68 Å². The molecule has 0 radical (unpaired) electrons. The molecule has 7 nitrogen and oxygen atoms in total. The number of carbonyl (C=O) groups excluding carboxylic acids is 2. The lowest BCUT2D eigenvalue weighted by Crippen LogP contribution is -2.47. The average molecular weight is 383 g/mol. The van der Waals surface area contributed by atoms with Crippen molar-refractivity contribution >= 4 is 11.8 Å². The molecule has 1 aromatic carbocycles. The van der Waals surface area contributed by atoms with Crippen LogP contribution in [0.2, 0.25) is 0 Å². The maximum atomic E-state index is 13.0. The Bertz CT molecular complexity index is 803. The molecular formula is C21H29N5O2. The SMILES string of the molecule is CN(C)CCN1C[C@@H](C(=O)N(C)Cc2cccc(-n3cccn3)c2)CCC1=O. The number of carbonyl (C=O) groups is 2. The van der Waals surface area contributed by atoms with Crippen molar-refractivity contribution in [3.8, 4) is 5.69 Å². The van der Waals surface area contributed by atoms with E-state index in [1.807, 2.05) is 62.6 Å². The number of hydrogen-bond donors (Lipinski definition) is 0. The van der Waals surface area contributed by atoms with Gasteiger partial charge in [0.05, 0.1) is 11.6 Å². The maximum Gasteiger partial charge on any atom is 0.227 e. The van der Waals surface area contributed by atoms with Crippen molar-refractivity contribution in [1.82, 2.24) is 24.5 Å². The van der Waals surface area contributed by atoms with Gasteiger partial charge in [0.1, 0.15) is 0 Å². The molecule has 0 aliphatic carbocycles. The van der Waals surface area contributed by atoms with Gasteiger partial charge in [-0.15, -0.1) is 0 Å². The molecule has 0 spiro atoms. The van der Waals surface area contributed by atoms with Crippen LogP contribution in [0.25, 0.3) is 5.69 Å². The summed E-state index contributed by atoms with van der Waals surface area (Å²) >= 11 is 0. The molecule has 3 rings (SSSR count). The Morgan fingerprint density at radius 1 is 1.25 bits per heavy atom. The monoisotopic (exact) mass is 383 g/mol. The highest BCUT2D eigenvalue weighted by molar-refractivity contribution is 5.83. The zero-order valence-corrected chi connectivity index (χ0v) is 16.9. The van der Waals surface area contributed by atoms with Crippen LogP contribution in [0.3, 0.4) is 0 Å². The predicted molar refractivity (Wildman–Crippen MR) is 108 cm³/mol. The van der Waals surface area contributed by atoms with Crippen LogP contribution < -0.4 is 0 Å². The van der Waals surface area contributed by atoms with E-state index in [9.17, 15) is 9.59 Å². The number of piperidine rings is 1. The fraction of sp³-hybridized carbons (Fsp3) is 0.476. The third-order valence-electron chi connectivity index (χ3n) is 5.14. The Morgan fingerprint density at radius 2 is 2.07 bits per heavy atom. The van der Waals surface area contributed by atoms with E-state index >= 15 is 0 Å². The summed E-state index contributed by atoms with van der Waals surface area (Å²) in [7, 11) is 5.81. The first-order valence-electron chi connectivity index (χ1n) is 9.70. The highest BCUT2D eigenvalue weighted by Gasteiger charge is 2.31. The van der Waals surface area contributed by atoms with Crippen LogP contribution in [0.4, 0.5) is 0 Å². The summed E-state index contributed by atoms with van der Waals surface area (Å²) in [5, 5.41) is 4.26. The third-order valence-corrected chi connectivity index (χ3v) is 5.14. The molecule has 0 unspecified atom stereocenters. The van der Waals surface area contributed by atoms with E-state index in [1.165, 1.54) is 0 Å². The van der Waals surface area contributed by atoms with Crippen molar-refractivity contribution in [3.63, 3.8) is 0 Å². The van der Waals surface area contributed by atoms with Crippen molar-refractivity contribution in [2.75, 3.05) is 40.8 Å². The van der Waals surface area contributed by atoms with Crippen LogP contribution in [0, 0.1) is 5.92 Å². The van der Waals surface area contributed by atoms with Gasteiger partial charge in [0.15, 0.2) is 0 Å². The zero-order chi connectivity index (χ0) is 20.1. The van der Waals surface area contributed by atoms with Gasteiger partial charge in [-0.1, -0.05) is 12.1 Å². The van der Waals surface area contributed by atoms with Gasteiger partial charge in [0.2, 0.25) is 11.8 Å². The molecule has 1 aliphatic heterocycles. The van der Waals surface area contributed by atoms with Gasteiger partial charge >= 0.3 is 0 Å². The number of likely N-dealkylation sites (tertiary alicyclic amines) is 1. The van der Waals surface area contributed by atoms with Crippen LogP contribution >= 0.6 is 0 Å². The molecule has 1 atom stereocenters. The lowest BCUT2D eigenvalue weighted by molar-refractivity contribution is -0.142. The van der Waals surface area contributed by atoms with E-state index in [0.29, 0.717) is 32.5 Å². The van der Waals surface area contributed by atoms with Crippen molar-refractivity contribution in [2.45, 2.75) is 19.4 Å². The van der Waals surface area contributed by atoms with E-state index in [0.717, 1.165) is 17.8 Å². The summed E-state index contributed by atoms with van der Waals surface area (Å²) < 4.78 is 1.81. The van der Waals surface area contributed by atoms with Crippen LogP contribution in [-0.2, 0) is 16.1 Å². The highest BCUT2D eigenvalue weighted by atomic mass is 16.2. The molecule has 1 aliphatic rings. The minimum atomic E-state index is -0.126. The van der Waals surface area contributed by atoms with Crippen LogP contribution in [-0.4, -0.2) is 77.1 Å². The first-order chi connectivity index (χ1) is 13.4. The second kappa shape index (κ2) is 9.01. The molecule has 1 saturated heterocycles. The molecular weight excluding hydrogens is 354 g/mol. The summed E-state index contributed by atoms with van der Waals surface area (Å²) in [6, 6.07) is 9.92. The van der Waals surface area contributed by atoms with Crippen LogP contribution in [0.5, 0.6) is 0 Å². The predicted octanol–water partition coefficient (Wildman–Crippen LogP) is 1.63. The first-order valence-corrected chi connectivity index (χ1v) is 9.70. The summed E-state index contributed by atoms with van der Waals surface area (Å²) in [5.41, 5.74) is 2.03. The Balaban J connectivity index is 1.61. The van der Waals surface area contributed by atoms with E-state index in [1.54, 1.807) is 15.8 Å². The number of benzene rings is 1. The second-order valence-corrected chi connectivity index (χ2v) is 7.69. The first kappa shape index (κ1) is 20.1. The third kappa shape index (κ3) is 4.98. The number of nitrogens with zero attached hydrogens (tertiary/aromatic N) is 5. The van der Waals surface area contributed by atoms with Crippen LogP contribution in [0.1, 0.15) is 18.4 Å². The van der Waals surface area contributed by atoms with Crippen LogP contribution in [0.15, 0.2) is 42.7 Å². The van der Waals surface area contributed by atoms with Crippen molar-refractivity contribution in [1.29, 1.82) is 0 Å². The summed E-state index contributed by atoms with van der Waals surface area (Å²) in [6.45, 7) is 2.53. The molecule has 0 saturated carbocycles. The molecule has 2 aromatic rings.